The predicted octanol–water partition coefficient (Wildman–Crippen LogP) is 3.35. The van der Waals surface area contributed by atoms with Crippen molar-refractivity contribution in [3.8, 4) is 0 Å². The second-order valence-electron chi connectivity index (χ2n) is 4.05. The third kappa shape index (κ3) is 2.28. The lowest BCUT2D eigenvalue weighted by Gasteiger charge is -2.16. The Bertz CT molecular complexity index is 566. The van der Waals surface area contributed by atoms with E-state index in [4.69, 9.17) is 0 Å². The first kappa shape index (κ1) is 13.1. The van der Waals surface area contributed by atoms with Gasteiger partial charge in [0, 0.05) is 10.4 Å². The first-order valence-electron chi connectivity index (χ1n) is 5.59. The summed E-state index contributed by atoms with van der Waals surface area (Å²) < 4.78 is 27.1. The van der Waals surface area contributed by atoms with Crippen LogP contribution in [0.2, 0.25) is 0 Å². The van der Waals surface area contributed by atoms with Gasteiger partial charge in [-0.05, 0) is 27.0 Å². The molecule has 0 saturated carbocycles. The van der Waals surface area contributed by atoms with Crippen LogP contribution in [0, 0.1) is 25.5 Å². The molecule has 1 N–H and O–H groups in total. The van der Waals surface area contributed by atoms with E-state index >= 15 is 0 Å². The van der Waals surface area contributed by atoms with Crippen LogP contribution in [0.1, 0.15) is 27.2 Å². The monoisotopic (exact) mass is 268 g/mol. The number of aromatic nitrogens is 1. The molecular weight excluding hydrogens is 254 g/mol. The molecule has 18 heavy (non-hydrogen) atoms. The minimum atomic E-state index is -0.827. The Balaban J connectivity index is 2.52. The fraction of sp³-hybridized carbons (Fsp3) is 0.308. The molecule has 5 heteroatoms. The number of rotatable bonds is 3. The topological polar surface area (TPSA) is 24.9 Å². The van der Waals surface area contributed by atoms with E-state index in [1.165, 1.54) is 17.4 Å². The van der Waals surface area contributed by atoms with Gasteiger partial charge in [-0.1, -0.05) is 12.1 Å². The van der Waals surface area contributed by atoms with Crippen LogP contribution in [0.15, 0.2) is 18.2 Å². The maximum atomic E-state index is 13.8. The van der Waals surface area contributed by atoms with Gasteiger partial charge in [-0.3, -0.25) is 0 Å². The van der Waals surface area contributed by atoms with Crippen molar-refractivity contribution >= 4 is 11.3 Å². The summed E-state index contributed by atoms with van der Waals surface area (Å²) in [5, 5.41) is 3.94. The molecule has 0 aliphatic rings. The molecule has 2 rings (SSSR count). The molecule has 96 valence electrons. The fourth-order valence-corrected chi connectivity index (χ4v) is 3.04. The van der Waals surface area contributed by atoms with Crippen LogP contribution in [-0.2, 0) is 0 Å². The molecule has 1 aromatic heterocycles. The van der Waals surface area contributed by atoms with Crippen molar-refractivity contribution in [2.24, 2.45) is 0 Å². The van der Waals surface area contributed by atoms with E-state index in [2.05, 4.69) is 10.3 Å². The maximum absolute atomic E-state index is 13.8. The van der Waals surface area contributed by atoms with Crippen molar-refractivity contribution in [1.29, 1.82) is 0 Å². The summed E-state index contributed by atoms with van der Waals surface area (Å²) >= 11 is 1.49. The van der Waals surface area contributed by atoms with Crippen LogP contribution in [-0.4, -0.2) is 12.0 Å². The highest BCUT2D eigenvalue weighted by Gasteiger charge is 2.22. The second-order valence-corrected chi connectivity index (χ2v) is 5.28. The van der Waals surface area contributed by atoms with Crippen LogP contribution in [0.25, 0.3) is 0 Å². The van der Waals surface area contributed by atoms with Crippen molar-refractivity contribution < 1.29 is 8.78 Å². The Hall–Kier alpha value is -1.33. The lowest BCUT2D eigenvalue weighted by molar-refractivity contribution is 0.488. The van der Waals surface area contributed by atoms with Gasteiger partial charge in [0.2, 0.25) is 0 Å². The van der Waals surface area contributed by atoms with Crippen LogP contribution < -0.4 is 5.32 Å². The summed E-state index contributed by atoms with van der Waals surface area (Å²) in [5.74, 6) is -1.63. The largest absolute Gasteiger partial charge is 0.309 e. The molecule has 1 heterocycles. The average molecular weight is 268 g/mol. The van der Waals surface area contributed by atoms with E-state index in [1.807, 2.05) is 13.8 Å². The standard InChI is InChI=1S/C13H14F2N2S/c1-7-13(18-8(2)17-7)12(16-3)9-5-4-6-10(14)11(9)15/h4-6,12,16H,1-3H3. The molecule has 1 unspecified atom stereocenters. The van der Waals surface area contributed by atoms with Gasteiger partial charge < -0.3 is 5.32 Å². The van der Waals surface area contributed by atoms with Crippen LogP contribution in [0.3, 0.4) is 0 Å². The Morgan fingerprint density at radius 2 is 2.00 bits per heavy atom. The molecule has 2 aromatic rings. The molecular formula is C13H14F2N2S. The molecule has 0 radical (unpaired) electrons. The van der Waals surface area contributed by atoms with E-state index in [0.717, 1.165) is 21.6 Å². The number of hydrogen-bond acceptors (Lipinski definition) is 3. The Kier molecular flexibility index (Phi) is 3.73. The third-order valence-electron chi connectivity index (χ3n) is 2.78. The van der Waals surface area contributed by atoms with Crippen molar-refractivity contribution in [1.82, 2.24) is 10.3 Å². The zero-order chi connectivity index (χ0) is 13.3. The molecule has 1 atom stereocenters. The Morgan fingerprint density at radius 1 is 1.28 bits per heavy atom. The van der Waals surface area contributed by atoms with Crippen molar-refractivity contribution in [3.05, 3.63) is 51.0 Å². The molecule has 0 aliphatic heterocycles. The summed E-state index contributed by atoms with van der Waals surface area (Å²) in [6.45, 7) is 3.77. The number of thiazole rings is 1. The van der Waals surface area contributed by atoms with Crippen LogP contribution in [0.4, 0.5) is 8.78 Å². The van der Waals surface area contributed by atoms with Gasteiger partial charge in [0.15, 0.2) is 11.6 Å². The summed E-state index contributed by atoms with van der Waals surface area (Å²) in [4.78, 5) is 5.24. The number of hydrogen-bond donors (Lipinski definition) is 1. The number of nitrogens with zero attached hydrogens (tertiary/aromatic N) is 1. The first-order valence-corrected chi connectivity index (χ1v) is 6.41. The van der Waals surface area contributed by atoms with Gasteiger partial charge in [0.25, 0.3) is 0 Å². The van der Waals surface area contributed by atoms with Gasteiger partial charge in [-0.25, -0.2) is 13.8 Å². The highest BCUT2D eigenvalue weighted by molar-refractivity contribution is 7.11. The Morgan fingerprint density at radius 3 is 2.56 bits per heavy atom. The number of nitrogens with one attached hydrogen (secondary N) is 1. The number of benzene rings is 1. The summed E-state index contributed by atoms with van der Waals surface area (Å²) in [5.41, 5.74) is 1.16. The molecule has 0 aliphatic carbocycles. The summed E-state index contributed by atoms with van der Waals surface area (Å²) in [6, 6.07) is 3.86. The zero-order valence-electron chi connectivity index (χ0n) is 10.4. The quantitative estimate of drug-likeness (QED) is 0.923. The van der Waals surface area contributed by atoms with Crippen LogP contribution >= 0.6 is 11.3 Å². The highest BCUT2D eigenvalue weighted by atomic mass is 32.1. The van der Waals surface area contributed by atoms with Crippen molar-refractivity contribution in [2.45, 2.75) is 19.9 Å². The van der Waals surface area contributed by atoms with Gasteiger partial charge in [0.1, 0.15) is 0 Å². The van der Waals surface area contributed by atoms with Gasteiger partial charge in [0.05, 0.1) is 16.7 Å². The smallest absolute Gasteiger partial charge is 0.163 e. The van der Waals surface area contributed by atoms with E-state index in [1.54, 1.807) is 13.1 Å². The predicted molar refractivity (Wildman–Crippen MR) is 68.8 cm³/mol. The second kappa shape index (κ2) is 5.12. The normalized spacial score (nSPS) is 12.7. The fourth-order valence-electron chi connectivity index (χ4n) is 1.99. The van der Waals surface area contributed by atoms with Gasteiger partial charge in [-0.15, -0.1) is 11.3 Å². The number of halogens is 2. The first-order chi connectivity index (χ1) is 8.54. The van der Waals surface area contributed by atoms with Crippen LogP contribution in [0.5, 0.6) is 0 Å². The van der Waals surface area contributed by atoms with Crippen molar-refractivity contribution in [3.63, 3.8) is 0 Å². The molecule has 0 amide bonds. The van der Waals surface area contributed by atoms with E-state index < -0.39 is 11.6 Å². The summed E-state index contributed by atoms with van der Waals surface area (Å²) in [6.07, 6.45) is 0. The minimum Gasteiger partial charge on any atom is -0.309 e. The average Bonchev–Trinajstić information content (AvgIpc) is 2.65. The van der Waals surface area contributed by atoms with Gasteiger partial charge >= 0.3 is 0 Å². The van der Waals surface area contributed by atoms with E-state index in [9.17, 15) is 8.78 Å². The third-order valence-corrected chi connectivity index (χ3v) is 3.92. The lowest BCUT2D eigenvalue weighted by Crippen LogP contribution is -2.19. The zero-order valence-corrected chi connectivity index (χ0v) is 11.2. The highest BCUT2D eigenvalue weighted by Crippen LogP contribution is 2.31. The molecule has 2 nitrogen and oxygen atoms in total. The van der Waals surface area contributed by atoms with E-state index in [-0.39, 0.29) is 6.04 Å². The maximum Gasteiger partial charge on any atom is 0.163 e. The van der Waals surface area contributed by atoms with Crippen molar-refractivity contribution in [2.75, 3.05) is 7.05 Å². The molecule has 1 aromatic carbocycles. The Labute approximate surface area is 109 Å². The summed E-state index contributed by atoms with van der Waals surface area (Å²) in [7, 11) is 1.73. The molecule has 0 fully saturated rings. The minimum absolute atomic E-state index is 0.309. The van der Waals surface area contributed by atoms with Gasteiger partial charge in [-0.2, -0.15) is 0 Å². The lowest BCUT2D eigenvalue weighted by atomic mass is 10.0. The van der Waals surface area contributed by atoms with E-state index in [0.29, 0.717) is 5.56 Å². The number of aryl methyl sites for hydroxylation is 2. The SMILES string of the molecule is CNC(c1cccc(F)c1F)c1sc(C)nc1C. The molecule has 0 saturated heterocycles. The molecule has 0 spiro atoms. The molecule has 0 bridgehead atoms.